The lowest BCUT2D eigenvalue weighted by Crippen LogP contribution is -2.24. The first-order chi connectivity index (χ1) is 13.0. The molecule has 0 spiro atoms. The second-order valence-corrected chi connectivity index (χ2v) is 6.06. The average Bonchev–Trinajstić information content (AvgIpc) is 2.68. The Labute approximate surface area is 156 Å². The van der Waals surface area contributed by atoms with Gasteiger partial charge < -0.3 is 15.2 Å². The highest BCUT2D eigenvalue weighted by Gasteiger charge is 2.12. The van der Waals surface area contributed by atoms with Crippen molar-refractivity contribution in [3.8, 4) is 11.3 Å². The predicted octanol–water partition coefficient (Wildman–Crippen LogP) is 3.28. The first kappa shape index (κ1) is 18.1. The second-order valence-electron chi connectivity index (χ2n) is 6.06. The van der Waals surface area contributed by atoms with Gasteiger partial charge >= 0.3 is 0 Å². The Hall–Kier alpha value is -3.67. The average molecular weight is 361 g/mol. The van der Waals surface area contributed by atoms with Gasteiger partial charge in [-0.3, -0.25) is 14.4 Å². The van der Waals surface area contributed by atoms with Crippen molar-refractivity contribution in [1.82, 2.24) is 4.98 Å². The Morgan fingerprint density at radius 2 is 1.59 bits per heavy atom. The van der Waals surface area contributed by atoms with Crippen molar-refractivity contribution in [2.45, 2.75) is 6.92 Å². The number of anilines is 2. The molecule has 3 aromatic rings. The zero-order chi connectivity index (χ0) is 19.4. The Balaban J connectivity index is 1.76. The number of aromatic amines is 1. The molecule has 1 aromatic heterocycles. The zero-order valence-electron chi connectivity index (χ0n) is 15.0. The topological polar surface area (TPSA) is 82.3 Å². The molecule has 2 N–H and O–H groups in total. The molecule has 136 valence electrons. The molecule has 0 aliphatic rings. The van der Waals surface area contributed by atoms with E-state index in [1.807, 2.05) is 30.3 Å². The smallest absolute Gasteiger partial charge is 0.261 e. The third kappa shape index (κ3) is 4.12. The largest absolute Gasteiger partial charge is 0.322 e. The van der Waals surface area contributed by atoms with Crippen LogP contribution in [0.1, 0.15) is 17.3 Å². The van der Waals surface area contributed by atoms with Gasteiger partial charge in [0.15, 0.2) is 0 Å². The maximum Gasteiger partial charge on any atom is 0.261 e. The van der Waals surface area contributed by atoms with Crippen LogP contribution < -0.4 is 15.8 Å². The molecule has 0 aliphatic carbocycles. The van der Waals surface area contributed by atoms with Crippen LogP contribution in [-0.4, -0.2) is 23.8 Å². The molecule has 6 nitrogen and oxygen atoms in total. The van der Waals surface area contributed by atoms with E-state index in [0.29, 0.717) is 17.1 Å². The monoisotopic (exact) mass is 361 g/mol. The molecule has 0 atom stereocenters. The van der Waals surface area contributed by atoms with Crippen molar-refractivity contribution in [2.75, 3.05) is 17.3 Å². The van der Waals surface area contributed by atoms with Crippen LogP contribution in [0.4, 0.5) is 11.4 Å². The molecular formula is C21H19N3O3. The first-order valence-corrected chi connectivity index (χ1v) is 8.40. The maximum absolute atomic E-state index is 12.4. The highest BCUT2D eigenvalue weighted by molar-refractivity contribution is 6.04. The van der Waals surface area contributed by atoms with Gasteiger partial charge in [0.2, 0.25) is 5.91 Å². The summed E-state index contributed by atoms with van der Waals surface area (Å²) in [5, 5.41) is 2.69. The Morgan fingerprint density at radius 1 is 0.926 bits per heavy atom. The number of aromatic nitrogens is 1. The van der Waals surface area contributed by atoms with E-state index in [9.17, 15) is 14.4 Å². The number of hydrogen-bond donors (Lipinski definition) is 2. The van der Waals surface area contributed by atoms with Crippen LogP contribution in [0.2, 0.25) is 0 Å². The van der Waals surface area contributed by atoms with Gasteiger partial charge in [-0.05, 0) is 42.0 Å². The number of pyridine rings is 1. The van der Waals surface area contributed by atoms with Gasteiger partial charge in [-0.2, -0.15) is 0 Å². The van der Waals surface area contributed by atoms with Crippen molar-refractivity contribution >= 4 is 23.2 Å². The van der Waals surface area contributed by atoms with Gasteiger partial charge in [0, 0.05) is 31.0 Å². The molecule has 0 saturated carbocycles. The summed E-state index contributed by atoms with van der Waals surface area (Å²) < 4.78 is 0. The zero-order valence-corrected chi connectivity index (χ0v) is 15.0. The summed E-state index contributed by atoms with van der Waals surface area (Å²) in [6.45, 7) is 1.47. The van der Waals surface area contributed by atoms with Crippen LogP contribution >= 0.6 is 0 Å². The van der Waals surface area contributed by atoms with Gasteiger partial charge in [-0.15, -0.1) is 0 Å². The van der Waals surface area contributed by atoms with Crippen LogP contribution in [0.15, 0.2) is 71.5 Å². The molecular weight excluding hydrogens is 342 g/mol. The molecule has 27 heavy (non-hydrogen) atoms. The predicted molar refractivity (Wildman–Crippen MR) is 106 cm³/mol. The van der Waals surface area contributed by atoms with E-state index in [1.54, 1.807) is 37.4 Å². The number of hydrogen-bond acceptors (Lipinski definition) is 3. The number of carbonyl (C=O) groups excluding carboxylic acids is 2. The highest BCUT2D eigenvalue weighted by Crippen LogP contribution is 2.18. The molecule has 1 heterocycles. The summed E-state index contributed by atoms with van der Waals surface area (Å²) in [7, 11) is 1.67. The van der Waals surface area contributed by atoms with Crippen molar-refractivity contribution < 1.29 is 9.59 Å². The van der Waals surface area contributed by atoms with Gasteiger partial charge in [0.1, 0.15) is 5.56 Å². The van der Waals surface area contributed by atoms with E-state index in [2.05, 4.69) is 10.3 Å². The lowest BCUT2D eigenvalue weighted by molar-refractivity contribution is -0.116. The molecule has 6 heteroatoms. The number of benzene rings is 2. The number of amides is 2. The number of carbonyl (C=O) groups is 2. The maximum atomic E-state index is 12.4. The molecule has 0 unspecified atom stereocenters. The van der Waals surface area contributed by atoms with Crippen LogP contribution in [0, 0.1) is 0 Å². The van der Waals surface area contributed by atoms with Crippen molar-refractivity contribution in [3.63, 3.8) is 0 Å². The van der Waals surface area contributed by atoms with Crippen LogP contribution in [0.5, 0.6) is 0 Å². The van der Waals surface area contributed by atoms with Gasteiger partial charge in [-0.1, -0.05) is 30.3 Å². The van der Waals surface area contributed by atoms with Crippen molar-refractivity contribution in [3.05, 3.63) is 82.6 Å². The van der Waals surface area contributed by atoms with Crippen LogP contribution in [-0.2, 0) is 4.79 Å². The molecule has 0 fully saturated rings. The Morgan fingerprint density at radius 3 is 2.19 bits per heavy atom. The van der Waals surface area contributed by atoms with E-state index in [-0.39, 0.29) is 11.5 Å². The number of nitrogens with one attached hydrogen (secondary N) is 2. The molecule has 2 aromatic carbocycles. The third-order valence-electron chi connectivity index (χ3n) is 4.22. The fourth-order valence-electron chi connectivity index (χ4n) is 2.59. The number of rotatable bonds is 4. The normalized spacial score (nSPS) is 10.3. The van der Waals surface area contributed by atoms with E-state index >= 15 is 0 Å². The van der Waals surface area contributed by atoms with Crippen molar-refractivity contribution in [2.24, 2.45) is 0 Å². The number of nitrogens with zero attached hydrogens (tertiary/aromatic N) is 1. The van der Waals surface area contributed by atoms with E-state index in [0.717, 1.165) is 5.56 Å². The lowest BCUT2D eigenvalue weighted by Gasteiger charge is -2.15. The lowest BCUT2D eigenvalue weighted by atomic mass is 10.1. The van der Waals surface area contributed by atoms with E-state index in [1.165, 1.54) is 17.9 Å². The van der Waals surface area contributed by atoms with E-state index in [4.69, 9.17) is 0 Å². The van der Waals surface area contributed by atoms with Gasteiger partial charge in [-0.25, -0.2) is 0 Å². The number of H-pyrrole nitrogens is 1. The standard InChI is InChI=1S/C21H19N3O3/c1-14(25)24(2)17-10-8-16(9-11-17)22-20(26)18-12-13-19(23-21(18)27)15-6-4-3-5-7-15/h3-13H,1-2H3,(H,22,26)(H,23,27). The first-order valence-electron chi connectivity index (χ1n) is 8.40. The highest BCUT2D eigenvalue weighted by atomic mass is 16.2. The molecule has 2 amide bonds. The summed E-state index contributed by atoms with van der Waals surface area (Å²) in [5.74, 6) is -0.583. The minimum atomic E-state index is -0.497. The molecule has 0 saturated heterocycles. The van der Waals surface area contributed by atoms with Crippen molar-refractivity contribution in [1.29, 1.82) is 0 Å². The third-order valence-corrected chi connectivity index (χ3v) is 4.22. The summed E-state index contributed by atoms with van der Waals surface area (Å²) in [6, 6.07) is 19.4. The summed E-state index contributed by atoms with van der Waals surface area (Å²) in [5.41, 5.74) is 2.33. The molecule has 0 aliphatic heterocycles. The van der Waals surface area contributed by atoms with Crippen LogP contribution in [0.3, 0.4) is 0 Å². The Bertz CT molecular complexity index is 1020. The summed E-state index contributed by atoms with van der Waals surface area (Å²) in [6.07, 6.45) is 0. The minimum Gasteiger partial charge on any atom is -0.322 e. The molecule has 3 rings (SSSR count). The summed E-state index contributed by atoms with van der Waals surface area (Å²) in [4.78, 5) is 40.3. The Kier molecular flexibility index (Phi) is 5.17. The van der Waals surface area contributed by atoms with Gasteiger partial charge in [0.25, 0.3) is 11.5 Å². The second kappa shape index (κ2) is 7.70. The SMILES string of the molecule is CC(=O)N(C)c1ccc(NC(=O)c2ccc(-c3ccccc3)[nH]c2=O)cc1. The van der Waals surface area contributed by atoms with Gasteiger partial charge in [0.05, 0.1) is 0 Å². The fourth-order valence-corrected chi connectivity index (χ4v) is 2.59. The molecule has 0 bridgehead atoms. The minimum absolute atomic E-state index is 0.0274. The fraction of sp³-hybridized carbons (Fsp3) is 0.0952. The van der Waals surface area contributed by atoms with E-state index < -0.39 is 11.5 Å². The van der Waals surface area contributed by atoms with Crippen LogP contribution in [0.25, 0.3) is 11.3 Å². The quantitative estimate of drug-likeness (QED) is 0.748. The summed E-state index contributed by atoms with van der Waals surface area (Å²) >= 11 is 0. The molecule has 0 radical (unpaired) electrons.